The Labute approximate surface area is 108 Å². The van der Waals surface area contributed by atoms with Gasteiger partial charge in [-0.2, -0.15) is 0 Å². The van der Waals surface area contributed by atoms with Crippen LogP contribution in [0.2, 0.25) is 0 Å². The van der Waals surface area contributed by atoms with Crippen molar-refractivity contribution in [3.8, 4) is 0 Å². The fourth-order valence-electron chi connectivity index (χ4n) is 3.43. The highest BCUT2D eigenvalue weighted by atomic mass is 15.1. The molecule has 1 fully saturated rings. The van der Waals surface area contributed by atoms with Crippen molar-refractivity contribution >= 4 is 0 Å². The Bertz CT molecular complexity index is 206. The molecule has 0 spiro atoms. The van der Waals surface area contributed by atoms with Gasteiger partial charge in [-0.05, 0) is 79.9 Å². The molecule has 3 nitrogen and oxygen atoms in total. The third-order valence-electron chi connectivity index (χ3n) is 3.49. The van der Waals surface area contributed by atoms with Gasteiger partial charge in [0.05, 0.1) is 0 Å². The minimum absolute atomic E-state index is 0. The second-order valence-electron chi connectivity index (χ2n) is 7.11. The van der Waals surface area contributed by atoms with Crippen LogP contribution in [0.15, 0.2) is 0 Å². The summed E-state index contributed by atoms with van der Waals surface area (Å²) in [5.74, 6) is 0.895. The van der Waals surface area contributed by atoms with E-state index in [-0.39, 0.29) is 6.15 Å². The van der Waals surface area contributed by atoms with Gasteiger partial charge in [0.2, 0.25) is 0 Å². The number of nitrogens with one attached hydrogen (secondary N) is 1. The van der Waals surface area contributed by atoms with Crippen LogP contribution in [0.25, 0.3) is 0 Å². The van der Waals surface area contributed by atoms with Crippen molar-refractivity contribution < 1.29 is 0 Å². The first-order valence-electron chi connectivity index (χ1n) is 6.64. The van der Waals surface area contributed by atoms with Crippen LogP contribution in [0.3, 0.4) is 0 Å². The highest BCUT2D eigenvalue weighted by molar-refractivity contribution is 4.96. The summed E-state index contributed by atoms with van der Waals surface area (Å²) >= 11 is 0. The molecule has 0 radical (unpaired) electrons. The van der Waals surface area contributed by atoms with E-state index in [4.69, 9.17) is 0 Å². The molecule has 1 heterocycles. The molecule has 3 heteroatoms. The average molecular weight is 243 g/mol. The average Bonchev–Trinajstić information content (AvgIpc) is 1.96. The molecule has 1 saturated heterocycles. The van der Waals surface area contributed by atoms with Crippen molar-refractivity contribution in [1.29, 1.82) is 0 Å². The lowest BCUT2D eigenvalue weighted by atomic mass is 9.74. The predicted molar refractivity (Wildman–Crippen MR) is 76.8 cm³/mol. The lowest BCUT2D eigenvalue weighted by molar-refractivity contribution is 0.121. The lowest BCUT2D eigenvalue weighted by Gasteiger charge is -2.46. The van der Waals surface area contributed by atoms with Crippen molar-refractivity contribution in [1.82, 2.24) is 16.4 Å². The molecule has 1 rings (SSSR count). The Balaban J connectivity index is 0.00000256. The lowest BCUT2D eigenvalue weighted by Crippen LogP contribution is -2.57. The smallest absolute Gasteiger partial charge is 0.0132 e. The van der Waals surface area contributed by atoms with Crippen molar-refractivity contribution in [2.75, 3.05) is 20.6 Å². The van der Waals surface area contributed by atoms with Crippen LogP contribution in [0.5, 0.6) is 0 Å². The van der Waals surface area contributed by atoms with E-state index in [1.165, 1.54) is 32.2 Å². The maximum absolute atomic E-state index is 3.75. The molecule has 0 amide bonds. The zero-order chi connectivity index (χ0) is 12.4. The Morgan fingerprint density at radius 1 is 1.06 bits per heavy atom. The molecule has 0 atom stereocenters. The quantitative estimate of drug-likeness (QED) is 0.798. The summed E-state index contributed by atoms with van der Waals surface area (Å²) in [4.78, 5) is 2.29. The van der Waals surface area contributed by atoms with Crippen molar-refractivity contribution in [3.05, 3.63) is 0 Å². The van der Waals surface area contributed by atoms with Gasteiger partial charge in [-0.15, -0.1) is 0 Å². The molecule has 0 aliphatic carbocycles. The number of nitrogens with zero attached hydrogens (tertiary/aromatic N) is 1. The summed E-state index contributed by atoms with van der Waals surface area (Å²) in [7, 11) is 4.33. The number of piperidine rings is 1. The molecule has 17 heavy (non-hydrogen) atoms. The SMILES string of the molecule is CN(C)CCCC1CC(C)(C)NC(C)(C)C1.N. The van der Waals surface area contributed by atoms with Crippen LogP contribution in [0, 0.1) is 5.92 Å². The third-order valence-corrected chi connectivity index (χ3v) is 3.49. The van der Waals surface area contributed by atoms with Crippen molar-refractivity contribution in [2.24, 2.45) is 5.92 Å². The molecular weight excluding hydrogens is 210 g/mol. The Morgan fingerprint density at radius 3 is 1.94 bits per heavy atom. The molecule has 4 N–H and O–H groups in total. The van der Waals surface area contributed by atoms with E-state index in [2.05, 4.69) is 52.0 Å². The molecule has 0 aromatic carbocycles. The summed E-state index contributed by atoms with van der Waals surface area (Å²) in [5.41, 5.74) is 0.620. The number of hydrogen-bond donors (Lipinski definition) is 2. The van der Waals surface area contributed by atoms with E-state index in [1.807, 2.05) is 0 Å². The van der Waals surface area contributed by atoms with Gasteiger partial charge in [-0.25, -0.2) is 0 Å². The molecule has 1 aliphatic heterocycles. The third kappa shape index (κ3) is 6.39. The molecular formula is C14H33N3. The minimum atomic E-state index is 0. The fraction of sp³-hybridized carbons (Fsp3) is 1.00. The van der Waals surface area contributed by atoms with Crippen LogP contribution in [0.1, 0.15) is 53.4 Å². The van der Waals surface area contributed by atoms with E-state index in [1.54, 1.807) is 0 Å². The predicted octanol–water partition coefficient (Wildman–Crippen LogP) is 3.05. The first kappa shape index (κ1) is 16.9. The maximum atomic E-state index is 3.75. The fourth-order valence-corrected chi connectivity index (χ4v) is 3.43. The number of hydrogen-bond acceptors (Lipinski definition) is 3. The van der Waals surface area contributed by atoms with E-state index in [0.717, 1.165) is 5.92 Å². The van der Waals surface area contributed by atoms with Crippen LogP contribution in [0.4, 0.5) is 0 Å². The second-order valence-corrected chi connectivity index (χ2v) is 7.11. The molecule has 0 aromatic rings. The molecule has 0 bridgehead atoms. The molecule has 1 aliphatic rings. The summed E-state index contributed by atoms with van der Waals surface area (Å²) < 4.78 is 0. The standard InChI is InChI=1S/C14H30N2.H3N/c1-13(2)10-12(8-7-9-16(5)6)11-14(3,4)15-13;/h12,15H,7-11H2,1-6H3;1H3. The molecule has 0 saturated carbocycles. The molecule has 0 aromatic heterocycles. The largest absolute Gasteiger partial charge is 0.344 e. The van der Waals surface area contributed by atoms with Gasteiger partial charge in [0, 0.05) is 11.1 Å². The molecule has 104 valence electrons. The van der Waals surface area contributed by atoms with Crippen molar-refractivity contribution in [2.45, 2.75) is 64.5 Å². The normalized spacial score (nSPS) is 23.5. The van der Waals surface area contributed by atoms with E-state index >= 15 is 0 Å². The zero-order valence-electron chi connectivity index (χ0n) is 12.8. The second kappa shape index (κ2) is 6.17. The van der Waals surface area contributed by atoms with Crippen molar-refractivity contribution in [3.63, 3.8) is 0 Å². The van der Waals surface area contributed by atoms with Crippen LogP contribution in [-0.2, 0) is 0 Å². The summed E-state index contributed by atoms with van der Waals surface area (Å²) in [6.45, 7) is 10.6. The van der Waals surface area contributed by atoms with E-state index in [9.17, 15) is 0 Å². The first-order valence-corrected chi connectivity index (χ1v) is 6.64. The highest BCUT2D eigenvalue weighted by Gasteiger charge is 2.36. The minimum Gasteiger partial charge on any atom is -0.344 e. The Morgan fingerprint density at radius 2 is 1.53 bits per heavy atom. The highest BCUT2D eigenvalue weighted by Crippen LogP contribution is 2.35. The summed E-state index contributed by atoms with van der Waals surface area (Å²) in [5, 5.41) is 3.75. The summed E-state index contributed by atoms with van der Waals surface area (Å²) in [6.07, 6.45) is 5.37. The number of rotatable bonds is 4. The molecule has 0 unspecified atom stereocenters. The Kier molecular flexibility index (Phi) is 6.12. The topological polar surface area (TPSA) is 50.3 Å². The van der Waals surface area contributed by atoms with Gasteiger partial charge in [0.25, 0.3) is 0 Å². The van der Waals surface area contributed by atoms with Gasteiger partial charge >= 0.3 is 0 Å². The van der Waals surface area contributed by atoms with Gasteiger partial charge in [-0.3, -0.25) is 0 Å². The monoisotopic (exact) mass is 243 g/mol. The van der Waals surface area contributed by atoms with Crippen LogP contribution < -0.4 is 11.5 Å². The van der Waals surface area contributed by atoms with E-state index in [0.29, 0.717) is 11.1 Å². The first-order chi connectivity index (χ1) is 7.20. The maximum Gasteiger partial charge on any atom is 0.0132 e. The van der Waals surface area contributed by atoms with E-state index < -0.39 is 0 Å². The Hall–Kier alpha value is -0.120. The van der Waals surface area contributed by atoms with Gasteiger partial charge < -0.3 is 16.4 Å². The zero-order valence-corrected chi connectivity index (χ0v) is 12.8. The van der Waals surface area contributed by atoms with Gasteiger partial charge in [-0.1, -0.05) is 0 Å². The summed E-state index contributed by atoms with van der Waals surface area (Å²) in [6, 6.07) is 0. The van der Waals surface area contributed by atoms with Crippen LogP contribution in [-0.4, -0.2) is 36.6 Å². The van der Waals surface area contributed by atoms with Crippen LogP contribution >= 0.6 is 0 Å². The van der Waals surface area contributed by atoms with Gasteiger partial charge in [0.1, 0.15) is 0 Å². The van der Waals surface area contributed by atoms with Gasteiger partial charge in [0.15, 0.2) is 0 Å².